The molecule has 44 heavy (non-hydrogen) atoms. The maximum atomic E-state index is 16.4. The fraction of sp³-hybridized carbons (Fsp3) is 0.414. The van der Waals surface area contributed by atoms with Crippen molar-refractivity contribution in [2.75, 3.05) is 49.0 Å². The maximum Gasteiger partial charge on any atom is 0.412 e. The minimum Gasteiger partial charge on any atom is -0.474 e. The van der Waals surface area contributed by atoms with Crippen molar-refractivity contribution in [1.82, 2.24) is 15.3 Å². The number of methoxy groups -OCH3 is 1. The second-order valence-electron chi connectivity index (χ2n) is 11.3. The van der Waals surface area contributed by atoms with Crippen molar-refractivity contribution in [3.05, 3.63) is 35.9 Å². The molecule has 4 heterocycles. The molecule has 0 saturated carbocycles. The van der Waals surface area contributed by atoms with Crippen LogP contribution in [-0.4, -0.2) is 84.5 Å². The van der Waals surface area contributed by atoms with Crippen LogP contribution in [0, 0.1) is 12.7 Å². The third-order valence-corrected chi connectivity index (χ3v) is 7.09. The summed E-state index contributed by atoms with van der Waals surface area (Å²) in [5.41, 5.74) is -0.201. The van der Waals surface area contributed by atoms with E-state index in [2.05, 4.69) is 25.9 Å². The second-order valence-corrected chi connectivity index (χ2v) is 11.3. The number of aromatic nitrogens is 2. The number of benzene rings is 1. The number of carbonyl (C=O) groups is 3. The van der Waals surface area contributed by atoms with Gasteiger partial charge in [-0.1, -0.05) is 0 Å². The summed E-state index contributed by atoms with van der Waals surface area (Å²) in [5, 5.41) is 18.3. The molecule has 1 aromatic carbocycles. The number of nitrogens with one attached hydrogen (secondary N) is 3. The lowest BCUT2D eigenvalue weighted by Crippen LogP contribution is -2.45. The van der Waals surface area contributed by atoms with Gasteiger partial charge >= 0.3 is 18.2 Å². The summed E-state index contributed by atoms with van der Waals surface area (Å²) in [5.74, 6) is -0.563. The number of rotatable bonds is 5. The standard InChI is InChI=1S/C29H33FN6O8/c1-14-17(10-32-25-24(14)36(28(39)40)6-7-43-25)16-8-15-9-21(34-26(37)33-19-12-42-13-20(19)41-5)31-11-18(15)23(22(16)30)35-27(38)44-29(2,3)4/h8-11,19-20H,6-7,12-13H2,1-5H3,(H,35,38)(H,39,40)(H2,31,33,34,37). The Morgan fingerprint density at radius 3 is 2.59 bits per heavy atom. The Bertz CT molecular complexity index is 1630. The van der Waals surface area contributed by atoms with E-state index in [1.165, 1.54) is 31.6 Å². The number of amides is 4. The van der Waals surface area contributed by atoms with Gasteiger partial charge in [0, 0.05) is 36.0 Å². The predicted molar refractivity (Wildman–Crippen MR) is 158 cm³/mol. The molecule has 0 radical (unpaired) electrons. The second kappa shape index (κ2) is 12.1. The minimum absolute atomic E-state index is 0.0138. The van der Waals surface area contributed by atoms with E-state index in [0.29, 0.717) is 17.6 Å². The third kappa shape index (κ3) is 6.28. The van der Waals surface area contributed by atoms with Gasteiger partial charge in [0.1, 0.15) is 29.8 Å². The number of fused-ring (bicyclic) bond motifs is 2. The summed E-state index contributed by atoms with van der Waals surface area (Å²) in [6, 6.07) is 2.12. The van der Waals surface area contributed by atoms with E-state index in [4.69, 9.17) is 18.9 Å². The number of carbonyl (C=O) groups excluding carboxylic acids is 2. The van der Waals surface area contributed by atoms with Gasteiger partial charge in [0.2, 0.25) is 5.88 Å². The van der Waals surface area contributed by atoms with Gasteiger partial charge in [0.25, 0.3) is 0 Å². The quantitative estimate of drug-likeness (QED) is 0.321. The van der Waals surface area contributed by atoms with Crippen LogP contribution in [0.25, 0.3) is 21.9 Å². The fourth-order valence-electron chi connectivity index (χ4n) is 5.09. The molecule has 2 atom stereocenters. The molecule has 2 aromatic heterocycles. The number of halogens is 1. The molecule has 5 rings (SSSR count). The van der Waals surface area contributed by atoms with Crippen LogP contribution in [0.4, 0.5) is 36.0 Å². The summed E-state index contributed by atoms with van der Waals surface area (Å²) < 4.78 is 38.0. The van der Waals surface area contributed by atoms with Crippen molar-refractivity contribution in [2.24, 2.45) is 0 Å². The van der Waals surface area contributed by atoms with Crippen LogP contribution in [0.3, 0.4) is 0 Å². The molecule has 0 bridgehead atoms. The van der Waals surface area contributed by atoms with Gasteiger partial charge in [-0.25, -0.2) is 28.7 Å². The first-order valence-corrected chi connectivity index (χ1v) is 13.8. The van der Waals surface area contributed by atoms with Crippen LogP contribution in [-0.2, 0) is 14.2 Å². The van der Waals surface area contributed by atoms with E-state index in [1.807, 2.05) is 0 Å². The Morgan fingerprint density at radius 1 is 1.11 bits per heavy atom. The van der Waals surface area contributed by atoms with E-state index in [-0.39, 0.29) is 71.5 Å². The number of anilines is 3. The molecule has 2 aliphatic rings. The van der Waals surface area contributed by atoms with Gasteiger partial charge in [-0.05, 0) is 50.8 Å². The molecule has 0 spiro atoms. The molecule has 2 unspecified atom stereocenters. The summed E-state index contributed by atoms with van der Waals surface area (Å²) >= 11 is 0. The molecule has 4 amide bonds. The van der Waals surface area contributed by atoms with Crippen molar-refractivity contribution in [1.29, 1.82) is 0 Å². The SMILES string of the molecule is COC1COCC1NC(=O)Nc1cc2cc(-c3cnc4c(c3C)N(C(=O)O)CCO4)c(F)c(NC(=O)OC(C)(C)C)c2cn1. The molecule has 1 saturated heterocycles. The van der Waals surface area contributed by atoms with Crippen LogP contribution in [0.5, 0.6) is 5.88 Å². The first-order chi connectivity index (χ1) is 20.9. The molecule has 14 nitrogen and oxygen atoms in total. The van der Waals surface area contributed by atoms with Gasteiger partial charge in [-0.3, -0.25) is 15.5 Å². The Morgan fingerprint density at radius 2 is 1.89 bits per heavy atom. The highest BCUT2D eigenvalue weighted by Crippen LogP contribution is 2.42. The number of nitrogens with zero attached hydrogens (tertiary/aromatic N) is 3. The van der Waals surface area contributed by atoms with Crippen LogP contribution in [0.15, 0.2) is 24.5 Å². The minimum atomic E-state index is -1.20. The number of pyridine rings is 2. The Balaban J connectivity index is 1.58. The summed E-state index contributed by atoms with van der Waals surface area (Å²) in [6.07, 6.45) is 0.301. The summed E-state index contributed by atoms with van der Waals surface area (Å²) in [7, 11) is 1.53. The van der Waals surface area contributed by atoms with E-state index in [0.717, 1.165) is 4.90 Å². The predicted octanol–water partition coefficient (Wildman–Crippen LogP) is 4.50. The summed E-state index contributed by atoms with van der Waals surface area (Å²) in [6.45, 7) is 7.49. The van der Waals surface area contributed by atoms with E-state index in [9.17, 15) is 19.5 Å². The number of hydrogen-bond donors (Lipinski definition) is 4. The van der Waals surface area contributed by atoms with Gasteiger partial charge in [0.05, 0.1) is 31.5 Å². The van der Waals surface area contributed by atoms with Crippen LogP contribution in [0.2, 0.25) is 0 Å². The number of ether oxygens (including phenoxy) is 4. The number of hydrogen-bond acceptors (Lipinski definition) is 9. The molecule has 4 N–H and O–H groups in total. The van der Waals surface area contributed by atoms with E-state index in [1.54, 1.807) is 27.7 Å². The monoisotopic (exact) mass is 612 g/mol. The van der Waals surface area contributed by atoms with Crippen molar-refractivity contribution in [2.45, 2.75) is 45.4 Å². The number of carboxylic acid groups (broad SMARTS) is 1. The lowest BCUT2D eigenvalue weighted by Gasteiger charge is -2.29. The van der Waals surface area contributed by atoms with Crippen LogP contribution < -0.4 is 25.6 Å². The normalized spacial score (nSPS) is 17.9. The van der Waals surface area contributed by atoms with Gasteiger partial charge in [-0.2, -0.15) is 0 Å². The number of urea groups is 1. The largest absolute Gasteiger partial charge is 0.474 e. The maximum absolute atomic E-state index is 16.4. The third-order valence-electron chi connectivity index (χ3n) is 7.09. The van der Waals surface area contributed by atoms with Gasteiger partial charge < -0.3 is 29.4 Å². The van der Waals surface area contributed by atoms with Crippen LogP contribution in [0.1, 0.15) is 26.3 Å². The van der Waals surface area contributed by atoms with E-state index < -0.39 is 29.6 Å². The molecule has 1 fully saturated rings. The molecule has 3 aromatic rings. The van der Waals surface area contributed by atoms with Gasteiger partial charge in [0.15, 0.2) is 5.82 Å². The zero-order valence-corrected chi connectivity index (χ0v) is 24.8. The van der Waals surface area contributed by atoms with Gasteiger partial charge in [-0.15, -0.1) is 0 Å². The highest BCUT2D eigenvalue weighted by atomic mass is 19.1. The first-order valence-electron chi connectivity index (χ1n) is 13.8. The fourth-order valence-corrected chi connectivity index (χ4v) is 5.09. The molecular weight excluding hydrogens is 579 g/mol. The van der Waals surface area contributed by atoms with Crippen molar-refractivity contribution >= 4 is 46.2 Å². The Kier molecular flexibility index (Phi) is 8.43. The van der Waals surface area contributed by atoms with Crippen molar-refractivity contribution < 1.29 is 42.8 Å². The molecular formula is C29H33FN6O8. The highest BCUT2D eigenvalue weighted by Gasteiger charge is 2.31. The molecule has 0 aliphatic carbocycles. The Hall–Kier alpha value is -4.76. The Labute approximate surface area is 251 Å². The average molecular weight is 613 g/mol. The summed E-state index contributed by atoms with van der Waals surface area (Å²) in [4.78, 5) is 47.1. The topological polar surface area (TPSA) is 173 Å². The van der Waals surface area contributed by atoms with E-state index >= 15 is 4.39 Å². The van der Waals surface area contributed by atoms with Crippen molar-refractivity contribution in [3.8, 4) is 17.0 Å². The highest BCUT2D eigenvalue weighted by molar-refractivity contribution is 6.05. The molecule has 15 heteroatoms. The lowest BCUT2D eigenvalue weighted by atomic mass is 9.96. The zero-order valence-electron chi connectivity index (χ0n) is 24.8. The lowest BCUT2D eigenvalue weighted by molar-refractivity contribution is 0.0635. The smallest absolute Gasteiger partial charge is 0.412 e. The molecule has 2 aliphatic heterocycles. The zero-order chi connectivity index (χ0) is 31.8. The first kappa shape index (κ1) is 30.7. The molecule has 234 valence electrons. The average Bonchev–Trinajstić information content (AvgIpc) is 3.40. The van der Waals surface area contributed by atoms with Crippen molar-refractivity contribution in [3.63, 3.8) is 0 Å². The van der Waals surface area contributed by atoms with Crippen LogP contribution >= 0.6 is 0 Å².